The summed E-state index contributed by atoms with van der Waals surface area (Å²) in [4.78, 5) is 46.9. The Morgan fingerprint density at radius 3 is 2.31 bits per heavy atom. The van der Waals surface area contributed by atoms with Gasteiger partial charge in [0, 0.05) is 12.6 Å². The van der Waals surface area contributed by atoms with E-state index in [0.29, 0.717) is 38.5 Å². The van der Waals surface area contributed by atoms with Crippen LogP contribution in [0.3, 0.4) is 0 Å². The van der Waals surface area contributed by atoms with Crippen molar-refractivity contribution in [2.45, 2.75) is 65.5 Å². The summed E-state index contributed by atoms with van der Waals surface area (Å²) < 4.78 is 16.1. The van der Waals surface area contributed by atoms with Crippen LogP contribution in [-0.4, -0.2) is 85.1 Å². The number of carbonyl (C=O) groups excluding carboxylic acids is 3. The Hall–Kier alpha value is -3.22. The summed E-state index contributed by atoms with van der Waals surface area (Å²) in [7, 11) is 0. The standard InChI is InChI=1S/C27H43N3O9/c1-18(25(34)35)14-21(29-26(36)39-27(3,4)5)15-20-6-7-23(32)22(16-20)30-24(33)8-10-37-12-13-38-11-9-28-17-19(2)31/h6-7,16,18,21,28,32H,8-15,17H2,1-5H3,(H,29,36)(H,30,33)(H,34,35)/t18?,21-/m1/s1. The Labute approximate surface area is 229 Å². The fourth-order valence-corrected chi connectivity index (χ4v) is 3.40. The number of carbonyl (C=O) groups is 4. The maximum atomic E-state index is 12.4. The van der Waals surface area contributed by atoms with Gasteiger partial charge in [-0.15, -0.1) is 0 Å². The van der Waals surface area contributed by atoms with E-state index in [4.69, 9.17) is 14.2 Å². The van der Waals surface area contributed by atoms with Gasteiger partial charge in [-0.2, -0.15) is 0 Å². The minimum atomic E-state index is -0.986. The number of Topliss-reactive ketones (excluding diaryl/α,β-unsaturated/α-hetero) is 1. The van der Waals surface area contributed by atoms with E-state index < -0.39 is 29.6 Å². The molecule has 2 amide bonds. The van der Waals surface area contributed by atoms with Crippen LogP contribution in [0.2, 0.25) is 0 Å². The minimum absolute atomic E-state index is 0.0569. The van der Waals surface area contributed by atoms with Crippen LogP contribution in [-0.2, 0) is 35.0 Å². The SMILES string of the molecule is CC(=O)CNCCOCCOCCC(=O)Nc1cc(C[C@@H](CC(C)C(=O)O)NC(=O)OC(C)(C)C)ccc1O. The van der Waals surface area contributed by atoms with Crippen LogP contribution in [0.1, 0.15) is 53.0 Å². The number of hydrogen-bond donors (Lipinski definition) is 5. The molecular weight excluding hydrogens is 510 g/mol. The molecule has 0 aliphatic carbocycles. The number of aliphatic carboxylic acids is 1. The third kappa shape index (κ3) is 16.4. The van der Waals surface area contributed by atoms with Crippen LogP contribution >= 0.6 is 0 Å². The summed E-state index contributed by atoms with van der Waals surface area (Å²) in [6, 6.07) is 4.09. The molecule has 39 heavy (non-hydrogen) atoms. The van der Waals surface area contributed by atoms with Gasteiger partial charge >= 0.3 is 12.1 Å². The molecule has 0 aliphatic heterocycles. The second-order valence-electron chi connectivity index (χ2n) is 10.3. The minimum Gasteiger partial charge on any atom is -0.506 e. The number of benzene rings is 1. The molecule has 12 nitrogen and oxygen atoms in total. The average Bonchev–Trinajstić information content (AvgIpc) is 2.80. The van der Waals surface area contributed by atoms with E-state index in [1.807, 2.05) is 0 Å². The number of ketones is 1. The Kier molecular flexibility index (Phi) is 15.1. The monoisotopic (exact) mass is 553 g/mol. The zero-order chi connectivity index (χ0) is 29.4. The third-order valence-electron chi connectivity index (χ3n) is 5.24. The maximum absolute atomic E-state index is 12.4. The summed E-state index contributed by atoms with van der Waals surface area (Å²) in [5, 5.41) is 27.8. The van der Waals surface area contributed by atoms with Crippen LogP contribution in [0.15, 0.2) is 18.2 Å². The number of hydrogen-bond acceptors (Lipinski definition) is 9. The van der Waals surface area contributed by atoms with Crippen molar-refractivity contribution in [1.29, 1.82) is 0 Å². The van der Waals surface area contributed by atoms with Crippen LogP contribution in [0.25, 0.3) is 0 Å². The van der Waals surface area contributed by atoms with Gasteiger partial charge in [0.25, 0.3) is 0 Å². The predicted molar refractivity (Wildman–Crippen MR) is 145 cm³/mol. The molecule has 1 rings (SSSR count). The number of nitrogens with one attached hydrogen (secondary N) is 3. The third-order valence-corrected chi connectivity index (χ3v) is 5.24. The van der Waals surface area contributed by atoms with Gasteiger partial charge < -0.3 is 40.4 Å². The Bertz CT molecular complexity index is 947. The molecule has 1 aromatic rings. The summed E-state index contributed by atoms with van der Waals surface area (Å²) in [6.07, 6.45) is -0.184. The van der Waals surface area contributed by atoms with Gasteiger partial charge in [-0.25, -0.2) is 4.79 Å². The molecule has 0 aromatic heterocycles. The average molecular weight is 554 g/mol. The molecule has 12 heteroatoms. The first-order valence-corrected chi connectivity index (χ1v) is 13.0. The van der Waals surface area contributed by atoms with E-state index in [9.17, 15) is 29.4 Å². The van der Waals surface area contributed by atoms with Crippen molar-refractivity contribution >= 4 is 29.4 Å². The van der Waals surface area contributed by atoms with E-state index in [-0.39, 0.29) is 49.0 Å². The highest BCUT2D eigenvalue weighted by Crippen LogP contribution is 2.26. The number of anilines is 1. The van der Waals surface area contributed by atoms with Gasteiger partial charge in [0.15, 0.2) is 0 Å². The summed E-state index contributed by atoms with van der Waals surface area (Å²) >= 11 is 0. The van der Waals surface area contributed by atoms with E-state index in [1.54, 1.807) is 39.8 Å². The van der Waals surface area contributed by atoms with Crippen molar-refractivity contribution in [2.24, 2.45) is 5.92 Å². The molecule has 0 fully saturated rings. The second-order valence-corrected chi connectivity index (χ2v) is 10.3. The molecule has 0 radical (unpaired) electrons. The van der Waals surface area contributed by atoms with Gasteiger partial charge in [0.1, 0.15) is 17.1 Å². The number of alkyl carbamates (subject to hydrolysis) is 1. The zero-order valence-corrected chi connectivity index (χ0v) is 23.5. The molecule has 0 aliphatic rings. The highest BCUT2D eigenvalue weighted by Gasteiger charge is 2.24. The molecule has 0 spiro atoms. The molecule has 5 N–H and O–H groups in total. The van der Waals surface area contributed by atoms with Crippen LogP contribution < -0.4 is 16.0 Å². The second kappa shape index (κ2) is 17.4. The Morgan fingerprint density at radius 2 is 1.69 bits per heavy atom. The number of amides is 2. The fourth-order valence-electron chi connectivity index (χ4n) is 3.40. The normalized spacial score (nSPS) is 12.8. The molecule has 220 valence electrons. The maximum Gasteiger partial charge on any atom is 0.407 e. The van der Waals surface area contributed by atoms with Crippen molar-refractivity contribution in [1.82, 2.24) is 10.6 Å². The molecule has 0 saturated carbocycles. The lowest BCUT2D eigenvalue weighted by Gasteiger charge is -2.25. The van der Waals surface area contributed by atoms with Crippen LogP contribution in [0.5, 0.6) is 5.75 Å². The highest BCUT2D eigenvalue weighted by atomic mass is 16.6. The quantitative estimate of drug-likeness (QED) is 0.134. The first kappa shape index (κ1) is 33.8. The molecule has 0 bridgehead atoms. The van der Waals surface area contributed by atoms with Gasteiger partial charge in [-0.3, -0.25) is 14.4 Å². The predicted octanol–water partition coefficient (Wildman–Crippen LogP) is 2.48. The van der Waals surface area contributed by atoms with Gasteiger partial charge in [-0.1, -0.05) is 13.0 Å². The highest BCUT2D eigenvalue weighted by molar-refractivity contribution is 5.92. The number of phenols is 1. The summed E-state index contributed by atoms with van der Waals surface area (Å²) in [5.74, 6) is -2.13. The largest absolute Gasteiger partial charge is 0.506 e. The lowest BCUT2D eigenvalue weighted by Crippen LogP contribution is -2.41. The molecule has 1 unspecified atom stereocenters. The molecular formula is C27H43N3O9. The fraction of sp³-hybridized carbons (Fsp3) is 0.630. The molecule has 1 aromatic carbocycles. The summed E-state index contributed by atoms with van der Waals surface area (Å²) in [5.41, 5.74) is 0.155. The number of rotatable bonds is 18. The smallest absolute Gasteiger partial charge is 0.407 e. The topological polar surface area (TPSA) is 173 Å². The molecule has 2 atom stereocenters. The first-order valence-electron chi connectivity index (χ1n) is 13.0. The van der Waals surface area contributed by atoms with Crippen LogP contribution in [0.4, 0.5) is 10.5 Å². The number of aromatic hydroxyl groups is 1. The molecule has 0 saturated heterocycles. The van der Waals surface area contributed by atoms with Gasteiger partial charge in [-0.05, 0) is 58.2 Å². The molecule has 0 heterocycles. The van der Waals surface area contributed by atoms with Crippen LogP contribution in [0, 0.1) is 5.92 Å². The van der Waals surface area contributed by atoms with Crippen molar-refractivity contribution < 1.29 is 43.6 Å². The van der Waals surface area contributed by atoms with Gasteiger partial charge in [0.2, 0.25) is 5.91 Å². The van der Waals surface area contributed by atoms with E-state index in [2.05, 4.69) is 16.0 Å². The lowest BCUT2D eigenvalue weighted by atomic mass is 9.96. The Balaban J connectivity index is 2.58. The zero-order valence-electron chi connectivity index (χ0n) is 23.5. The van der Waals surface area contributed by atoms with Crippen molar-refractivity contribution in [3.05, 3.63) is 23.8 Å². The van der Waals surface area contributed by atoms with Crippen molar-refractivity contribution in [3.63, 3.8) is 0 Å². The van der Waals surface area contributed by atoms with Crippen molar-refractivity contribution in [3.8, 4) is 5.75 Å². The number of ether oxygens (including phenoxy) is 3. The Morgan fingerprint density at radius 1 is 1.03 bits per heavy atom. The van der Waals surface area contributed by atoms with E-state index >= 15 is 0 Å². The summed E-state index contributed by atoms with van der Waals surface area (Å²) in [6.45, 7) is 10.4. The van der Waals surface area contributed by atoms with E-state index in [0.717, 1.165) is 0 Å². The number of carboxylic acid groups (broad SMARTS) is 1. The van der Waals surface area contributed by atoms with Crippen molar-refractivity contribution in [2.75, 3.05) is 44.8 Å². The van der Waals surface area contributed by atoms with Gasteiger partial charge in [0.05, 0.1) is 51.0 Å². The first-order chi connectivity index (χ1) is 18.3. The lowest BCUT2D eigenvalue weighted by molar-refractivity contribution is -0.141. The van der Waals surface area contributed by atoms with E-state index in [1.165, 1.54) is 13.0 Å². The number of carboxylic acids is 1. The number of phenolic OH excluding ortho intramolecular Hbond substituents is 1.